The van der Waals surface area contributed by atoms with E-state index < -0.39 is 0 Å². The fourth-order valence-electron chi connectivity index (χ4n) is 1.39. The smallest absolute Gasteiger partial charge is 0.143 e. The Morgan fingerprint density at radius 3 is 2.31 bits per heavy atom. The summed E-state index contributed by atoms with van der Waals surface area (Å²) in [7, 11) is 0. The summed E-state index contributed by atoms with van der Waals surface area (Å²) in [6.07, 6.45) is 0. The van der Waals surface area contributed by atoms with Gasteiger partial charge in [-0.1, -0.05) is 53.0 Å². The maximum absolute atomic E-state index is 6.07. The molecule has 0 saturated carbocycles. The largest absolute Gasteiger partial charge is 0.382 e. The summed E-state index contributed by atoms with van der Waals surface area (Å²) in [5.74, 6) is 0.293. The van der Waals surface area contributed by atoms with Crippen molar-refractivity contribution < 1.29 is 0 Å². The number of halogens is 2. The lowest BCUT2D eigenvalue weighted by Gasteiger charge is -2.06. The van der Waals surface area contributed by atoms with E-state index in [1.807, 2.05) is 31.2 Å². The minimum Gasteiger partial charge on any atom is -0.382 e. The molecule has 0 aliphatic heterocycles. The Balaban J connectivity index is 2.56. The minimum absolute atomic E-state index is 0.293. The molecule has 2 N–H and O–H groups in total. The summed E-state index contributed by atoms with van der Waals surface area (Å²) in [5.41, 5.74) is 8.42. The Morgan fingerprint density at radius 1 is 1.06 bits per heavy atom. The molecule has 2 rings (SSSR count). The average molecular weight is 253 g/mol. The van der Waals surface area contributed by atoms with Crippen LogP contribution >= 0.6 is 23.2 Å². The van der Waals surface area contributed by atoms with Gasteiger partial charge in [-0.05, 0) is 13.0 Å². The maximum Gasteiger partial charge on any atom is 0.143 e. The van der Waals surface area contributed by atoms with E-state index in [9.17, 15) is 0 Å². The molecule has 0 aliphatic rings. The van der Waals surface area contributed by atoms with Crippen molar-refractivity contribution in [2.24, 2.45) is 0 Å². The second kappa shape index (κ2) is 4.32. The number of nitrogen functional groups attached to an aromatic ring is 1. The lowest BCUT2D eigenvalue weighted by atomic mass is 10.1. The highest BCUT2D eigenvalue weighted by atomic mass is 35.5. The second-order valence-corrected chi connectivity index (χ2v) is 4.37. The molecule has 1 aromatic heterocycles. The molecule has 0 bridgehead atoms. The van der Waals surface area contributed by atoms with Gasteiger partial charge in [-0.25, -0.2) is 4.98 Å². The molecule has 82 valence electrons. The molecule has 16 heavy (non-hydrogen) atoms. The molecule has 0 atom stereocenters. The zero-order chi connectivity index (χ0) is 11.7. The number of benzene rings is 1. The molecule has 0 unspecified atom stereocenters. The number of rotatable bonds is 1. The first-order valence-corrected chi connectivity index (χ1v) is 5.52. The number of nitrogens with zero attached hydrogens (tertiary/aromatic N) is 1. The second-order valence-electron chi connectivity index (χ2n) is 3.55. The van der Waals surface area contributed by atoms with Gasteiger partial charge in [0.05, 0.1) is 15.7 Å². The van der Waals surface area contributed by atoms with Crippen LogP contribution in [0.25, 0.3) is 11.3 Å². The van der Waals surface area contributed by atoms with E-state index in [2.05, 4.69) is 4.98 Å². The van der Waals surface area contributed by atoms with Crippen LogP contribution in [0.4, 0.5) is 5.82 Å². The molecular formula is C12H10Cl2N2. The van der Waals surface area contributed by atoms with Crippen LogP contribution in [0.2, 0.25) is 10.0 Å². The van der Waals surface area contributed by atoms with Gasteiger partial charge in [0.2, 0.25) is 0 Å². The molecule has 0 fully saturated rings. The maximum atomic E-state index is 6.07. The Hall–Kier alpha value is -1.25. The van der Waals surface area contributed by atoms with Crippen LogP contribution in [0, 0.1) is 6.92 Å². The van der Waals surface area contributed by atoms with Gasteiger partial charge in [0.1, 0.15) is 5.82 Å². The zero-order valence-electron chi connectivity index (χ0n) is 8.67. The van der Waals surface area contributed by atoms with Crippen LogP contribution in [0.15, 0.2) is 30.3 Å². The van der Waals surface area contributed by atoms with Crippen molar-refractivity contribution in [3.8, 4) is 11.3 Å². The van der Waals surface area contributed by atoms with Gasteiger partial charge in [0.15, 0.2) is 0 Å². The third-order valence-electron chi connectivity index (χ3n) is 2.28. The zero-order valence-corrected chi connectivity index (χ0v) is 10.2. The molecule has 0 aliphatic carbocycles. The topological polar surface area (TPSA) is 38.9 Å². The van der Waals surface area contributed by atoms with E-state index in [1.54, 1.807) is 6.07 Å². The third-order valence-corrected chi connectivity index (χ3v) is 2.87. The summed E-state index contributed by atoms with van der Waals surface area (Å²) in [4.78, 5) is 4.19. The normalized spacial score (nSPS) is 10.4. The van der Waals surface area contributed by atoms with Gasteiger partial charge in [-0.15, -0.1) is 0 Å². The molecule has 0 spiro atoms. The van der Waals surface area contributed by atoms with E-state index in [0.717, 1.165) is 5.56 Å². The van der Waals surface area contributed by atoms with E-state index in [-0.39, 0.29) is 0 Å². The molecule has 1 heterocycles. The number of anilines is 1. The van der Waals surface area contributed by atoms with Crippen molar-refractivity contribution in [2.45, 2.75) is 6.92 Å². The lowest BCUT2D eigenvalue weighted by molar-refractivity contribution is 1.33. The first-order chi connectivity index (χ1) is 7.58. The highest BCUT2D eigenvalue weighted by Crippen LogP contribution is 2.31. The van der Waals surface area contributed by atoms with Gasteiger partial charge >= 0.3 is 0 Å². The Morgan fingerprint density at radius 2 is 1.69 bits per heavy atom. The lowest BCUT2D eigenvalue weighted by Crippen LogP contribution is -1.94. The predicted molar refractivity (Wildman–Crippen MR) is 68.8 cm³/mol. The number of hydrogen-bond acceptors (Lipinski definition) is 2. The Bertz CT molecular complexity index is 521. The monoisotopic (exact) mass is 252 g/mol. The summed E-state index contributed by atoms with van der Waals surface area (Å²) < 4.78 is 0. The minimum atomic E-state index is 0.293. The van der Waals surface area contributed by atoms with Crippen molar-refractivity contribution >= 4 is 29.0 Å². The van der Waals surface area contributed by atoms with Crippen LogP contribution in [-0.4, -0.2) is 4.98 Å². The van der Waals surface area contributed by atoms with Crippen LogP contribution in [0.1, 0.15) is 5.56 Å². The molecule has 1 aromatic carbocycles. The number of aryl methyl sites for hydroxylation is 1. The van der Waals surface area contributed by atoms with Gasteiger partial charge in [-0.3, -0.25) is 0 Å². The van der Waals surface area contributed by atoms with E-state index in [4.69, 9.17) is 28.9 Å². The van der Waals surface area contributed by atoms with Gasteiger partial charge in [-0.2, -0.15) is 0 Å². The fourth-order valence-corrected chi connectivity index (χ4v) is 1.86. The van der Waals surface area contributed by atoms with Crippen LogP contribution in [-0.2, 0) is 0 Å². The molecule has 4 heteroatoms. The Labute approximate surface area is 104 Å². The molecule has 0 amide bonds. The van der Waals surface area contributed by atoms with Gasteiger partial charge in [0, 0.05) is 5.56 Å². The van der Waals surface area contributed by atoms with Crippen LogP contribution < -0.4 is 5.73 Å². The number of pyridine rings is 1. The molecular weight excluding hydrogens is 243 g/mol. The summed E-state index contributed by atoms with van der Waals surface area (Å²) >= 11 is 11.9. The van der Waals surface area contributed by atoms with E-state index >= 15 is 0 Å². The first kappa shape index (κ1) is 11.2. The number of hydrogen-bond donors (Lipinski definition) is 1. The highest BCUT2D eigenvalue weighted by molar-refractivity contribution is 6.37. The quantitative estimate of drug-likeness (QED) is 0.835. The first-order valence-electron chi connectivity index (χ1n) is 4.76. The van der Waals surface area contributed by atoms with Crippen LogP contribution in [0.3, 0.4) is 0 Å². The predicted octanol–water partition coefficient (Wildman–Crippen LogP) is 3.95. The fraction of sp³-hybridized carbons (Fsp3) is 0.0833. The van der Waals surface area contributed by atoms with Gasteiger partial charge in [0.25, 0.3) is 0 Å². The van der Waals surface area contributed by atoms with Crippen molar-refractivity contribution in [1.29, 1.82) is 0 Å². The highest BCUT2D eigenvalue weighted by Gasteiger charge is 2.08. The van der Waals surface area contributed by atoms with Crippen molar-refractivity contribution in [3.05, 3.63) is 45.9 Å². The standard InChI is InChI=1S/C12H10Cl2N2/c1-7-2-4-8(5-3-7)11-9(13)6-10(14)12(15)16-11/h2-6H,1H3,(H2,15,16). The number of nitrogens with two attached hydrogens (primary N) is 1. The third kappa shape index (κ3) is 2.13. The molecule has 0 radical (unpaired) electrons. The molecule has 2 nitrogen and oxygen atoms in total. The van der Waals surface area contributed by atoms with Gasteiger partial charge < -0.3 is 5.73 Å². The molecule has 2 aromatic rings. The Kier molecular flexibility index (Phi) is 3.03. The van der Waals surface area contributed by atoms with Crippen molar-refractivity contribution in [1.82, 2.24) is 4.98 Å². The summed E-state index contributed by atoms with van der Waals surface area (Å²) in [5, 5.41) is 0.879. The average Bonchev–Trinajstić information content (AvgIpc) is 2.25. The summed E-state index contributed by atoms with van der Waals surface area (Å²) in [6, 6.07) is 9.52. The SMILES string of the molecule is Cc1ccc(-c2nc(N)c(Cl)cc2Cl)cc1. The summed E-state index contributed by atoms with van der Waals surface area (Å²) in [6.45, 7) is 2.02. The van der Waals surface area contributed by atoms with Crippen molar-refractivity contribution in [3.63, 3.8) is 0 Å². The van der Waals surface area contributed by atoms with Crippen molar-refractivity contribution in [2.75, 3.05) is 5.73 Å². The van der Waals surface area contributed by atoms with E-state index in [0.29, 0.717) is 21.6 Å². The van der Waals surface area contributed by atoms with Crippen LogP contribution in [0.5, 0.6) is 0 Å². The molecule has 0 saturated heterocycles. The van der Waals surface area contributed by atoms with E-state index in [1.165, 1.54) is 5.56 Å². The number of aromatic nitrogens is 1.